The maximum atomic E-state index is 12.5. The number of halogens is 1. The number of amides is 2. The molecule has 2 amide bonds. The molecule has 0 saturated carbocycles. The van der Waals surface area contributed by atoms with E-state index in [1.54, 1.807) is 6.08 Å². The fourth-order valence-electron chi connectivity index (χ4n) is 2.67. The summed E-state index contributed by atoms with van der Waals surface area (Å²) in [6.45, 7) is 2.35. The molecule has 4 nitrogen and oxygen atoms in total. The Morgan fingerprint density at radius 3 is 2.68 bits per heavy atom. The van der Waals surface area contributed by atoms with Crippen LogP contribution in [0.1, 0.15) is 24.8 Å². The molecule has 0 aromatic heterocycles. The number of thioether (sulfide) groups is 1. The molecule has 2 heterocycles. The number of hydrogen-bond acceptors (Lipinski definition) is 4. The van der Waals surface area contributed by atoms with Crippen LogP contribution in [0.5, 0.6) is 0 Å². The highest BCUT2D eigenvalue weighted by atomic mass is 79.9. The standard InChI is InChI=1S/C16H17BrN2O2S/c17-13-6-4-5-12(9-13)10-14-15(20)19(16(21)22-14)11-18-7-2-1-3-8-18/h4-6,9-10H,1-3,7-8,11H2/b14-10-. The van der Waals surface area contributed by atoms with Crippen molar-refractivity contribution in [2.45, 2.75) is 19.3 Å². The van der Waals surface area contributed by atoms with Crippen LogP contribution in [0, 0.1) is 0 Å². The van der Waals surface area contributed by atoms with E-state index in [1.165, 1.54) is 11.3 Å². The van der Waals surface area contributed by atoms with Gasteiger partial charge in [-0.05, 0) is 61.5 Å². The Balaban J connectivity index is 1.73. The van der Waals surface area contributed by atoms with Crippen molar-refractivity contribution >= 4 is 44.9 Å². The summed E-state index contributed by atoms with van der Waals surface area (Å²) in [7, 11) is 0. The number of carbonyl (C=O) groups is 2. The second-order valence-corrected chi connectivity index (χ2v) is 7.39. The number of hydrogen-bond donors (Lipinski definition) is 0. The predicted octanol–water partition coefficient (Wildman–Crippen LogP) is 3.93. The van der Waals surface area contributed by atoms with E-state index in [9.17, 15) is 9.59 Å². The first-order chi connectivity index (χ1) is 10.6. The zero-order valence-corrected chi connectivity index (χ0v) is 14.5. The van der Waals surface area contributed by atoms with Gasteiger partial charge in [-0.2, -0.15) is 0 Å². The van der Waals surface area contributed by atoms with Gasteiger partial charge in [0, 0.05) is 4.47 Å². The van der Waals surface area contributed by atoms with Crippen molar-refractivity contribution in [3.05, 3.63) is 39.2 Å². The van der Waals surface area contributed by atoms with Crippen LogP contribution < -0.4 is 0 Å². The van der Waals surface area contributed by atoms with E-state index >= 15 is 0 Å². The van der Waals surface area contributed by atoms with Crippen molar-refractivity contribution in [3.8, 4) is 0 Å². The molecule has 0 N–H and O–H groups in total. The Morgan fingerprint density at radius 2 is 1.95 bits per heavy atom. The van der Waals surface area contributed by atoms with E-state index in [0.29, 0.717) is 11.6 Å². The third-order valence-electron chi connectivity index (χ3n) is 3.81. The molecule has 0 spiro atoms. The van der Waals surface area contributed by atoms with E-state index < -0.39 is 0 Å². The number of nitrogens with zero attached hydrogens (tertiary/aromatic N) is 2. The number of benzene rings is 1. The van der Waals surface area contributed by atoms with Gasteiger partial charge >= 0.3 is 0 Å². The SMILES string of the molecule is O=C1S/C(=C\c2cccc(Br)c2)C(=O)N1CN1CCCCC1. The molecule has 1 aromatic carbocycles. The lowest BCUT2D eigenvalue weighted by atomic mass is 10.1. The maximum absolute atomic E-state index is 12.5. The second kappa shape index (κ2) is 6.98. The van der Waals surface area contributed by atoms with E-state index in [4.69, 9.17) is 0 Å². The molecule has 0 radical (unpaired) electrons. The zero-order chi connectivity index (χ0) is 15.5. The summed E-state index contributed by atoms with van der Waals surface area (Å²) in [5.41, 5.74) is 0.915. The zero-order valence-electron chi connectivity index (χ0n) is 12.1. The normalized spacial score (nSPS) is 21.9. The van der Waals surface area contributed by atoms with Gasteiger partial charge < -0.3 is 0 Å². The summed E-state index contributed by atoms with van der Waals surface area (Å²) in [4.78, 5) is 28.6. The average molecular weight is 381 g/mol. The molecule has 0 aliphatic carbocycles. The summed E-state index contributed by atoms with van der Waals surface area (Å²) >= 11 is 4.44. The second-order valence-electron chi connectivity index (χ2n) is 5.48. The first kappa shape index (κ1) is 15.8. The van der Waals surface area contributed by atoms with Crippen LogP contribution in [0.15, 0.2) is 33.6 Å². The molecule has 0 atom stereocenters. The van der Waals surface area contributed by atoms with Gasteiger partial charge in [0.1, 0.15) is 0 Å². The lowest BCUT2D eigenvalue weighted by Crippen LogP contribution is -2.42. The van der Waals surface area contributed by atoms with Gasteiger partial charge in [0.25, 0.3) is 11.1 Å². The van der Waals surface area contributed by atoms with Gasteiger partial charge in [-0.3, -0.25) is 19.4 Å². The number of carbonyl (C=O) groups excluding carboxylic acids is 2. The molecular weight excluding hydrogens is 364 g/mol. The van der Waals surface area contributed by atoms with E-state index in [-0.39, 0.29) is 11.1 Å². The highest BCUT2D eigenvalue weighted by Gasteiger charge is 2.36. The topological polar surface area (TPSA) is 40.6 Å². The molecule has 3 rings (SSSR count). The molecule has 0 bridgehead atoms. The van der Waals surface area contributed by atoms with Crippen LogP contribution >= 0.6 is 27.7 Å². The molecule has 0 unspecified atom stereocenters. The summed E-state index contributed by atoms with van der Waals surface area (Å²) in [5, 5.41) is -0.170. The summed E-state index contributed by atoms with van der Waals surface area (Å²) < 4.78 is 0.953. The number of rotatable bonds is 3. The van der Waals surface area contributed by atoms with Crippen LogP contribution in [-0.4, -0.2) is 40.7 Å². The van der Waals surface area contributed by atoms with Gasteiger partial charge in [0.15, 0.2) is 0 Å². The first-order valence-corrected chi connectivity index (χ1v) is 8.98. The highest BCUT2D eigenvalue weighted by Crippen LogP contribution is 2.32. The van der Waals surface area contributed by atoms with Crippen LogP contribution in [-0.2, 0) is 4.79 Å². The maximum Gasteiger partial charge on any atom is 0.294 e. The first-order valence-electron chi connectivity index (χ1n) is 7.37. The van der Waals surface area contributed by atoms with Gasteiger partial charge in [-0.15, -0.1) is 0 Å². The average Bonchev–Trinajstić information content (AvgIpc) is 2.76. The summed E-state index contributed by atoms with van der Waals surface area (Å²) in [6, 6.07) is 7.69. The van der Waals surface area contributed by atoms with Crippen molar-refractivity contribution in [3.63, 3.8) is 0 Å². The smallest absolute Gasteiger partial charge is 0.286 e. The van der Waals surface area contributed by atoms with Crippen molar-refractivity contribution in [1.82, 2.24) is 9.80 Å². The minimum Gasteiger partial charge on any atom is -0.286 e. The lowest BCUT2D eigenvalue weighted by Gasteiger charge is -2.29. The Bertz CT molecular complexity index is 626. The van der Waals surface area contributed by atoms with Crippen LogP contribution in [0.2, 0.25) is 0 Å². The molecule has 2 aliphatic heterocycles. The number of piperidine rings is 1. The fraction of sp³-hybridized carbons (Fsp3) is 0.375. The van der Waals surface area contributed by atoms with E-state index in [1.807, 2.05) is 24.3 Å². The van der Waals surface area contributed by atoms with Gasteiger partial charge in [-0.25, -0.2) is 0 Å². The third-order valence-corrected chi connectivity index (χ3v) is 5.21. The summed E-state index contributed by atoms with van der Waals surface area (Å²) in [6.07, 6.45) is 5.31. The van der Waals surface area contributed by atoms with Crippen molar-refractivity contribution in [1.29, 1.82) is 0 Å². The lowest BCUT2D eigenvalue weighted by molar-refractivity contribution is -0.124. The monoisotopic (exact) mass is 380 g/mol. The van der Waals surface area contributed by atoms with Gasteiger partial charge in [0.05, 0.1) is 11.6 Å². The van der Waals surface area contributed by atoms with Crippen LogP contribution in [0.4, 0.5) is 4.79 Å². The fourth-order valence-corrected chi connectivity index (χ4v) is 3.92. The van der Waals surface area contributed by atoms with E-state index in [2.05, 4.69) is 20.8 Å². The Labute approximate surface area is 142 Å². The quantitative estimate of drug-likeness (QED) is 0.744. The molecule has 2 aliphatic rings. The molecule has 6 heteroatoms. The minimum atomic E-state index is -0.180. The number of likely N-dealkylation sites (tertiary alicyclic amines) is 1. The largest absolute Gasteiger partial charge is 0.294 e. The third kappa shape index (κ3) is 3.62. The molecule has 116 valence electrons. The van der Waals surface area contributed by atoms with Gasteiger partial charge in [-0.1, -0.05) is 34.5 Å². The van der Waals surface area contributed by atoms with Crippen molar-refractivity contribution < 1.29 is 9.59 Å². The van der Waals surface area contributed by atoms with E-state index in [0.717, 1.165) is 47.7 Å². The van der Waals surface area contributed by atoms with Crippen LogP contribution in [0.3, 0.4) is 0 Å². The number of imide groups is 1. The van der Waals surface area contributed by atoms with Crippen molar-refractivity contribution in [2.75, 3.05) is 19.8 Å². The Morgan fingerprint density at radius 1 is 1.18 bits per heavy atom. The molecule has 22 heavy (non-hydrogen) atoms. The molecule has 1 aromatic rings. The molecule has 2 fully saturated rings. The molecule has 2 saturated heterocycles. The predicted molar refractivity (Wildman–Crippen MR) is 92.2 cm³/mol. The Kier molecular flexibility index (Phi) is 5.00. The van der Waals surface area contributed by atoms with Crippen molar-refractivity contribution in [2.24, 2.45) is 0 Å². The molecular formula is C16H17BrN2O2S. The summed E-state index contributed by atoms with van der Waals surface area (Å²) in [5.74, 6) is -0.180. The Hall–Kier alpha value is -1.11. The van der Waals surface area contributed by atoms with Crippen LogP contribution in [0.25, 0.3) is 6.08 Å². The minimum absolute atomic E-state index is 0.170. The highest BCUT2D eigenvalue weighted by molar-refractivity contribution is 9.10. The van der Waals surface area contributed by atoms with Gasteiger partial charge in [0.2, 0.25) is 0 Å².